The van der Waals surface area contributed by atoms with Crippen molar-refractivity contribution < 1.29 is 14.6 Å². The Bertz CT molecular complexity index is 664. The van der Waals surface area contributed by atoms with Gasteiger partial charge in [0.05, 0.1) is 17.3 Å². The number of carbonyl (C=O) groups is 1. The molecule has 0 atom stereocenters. The molecular weight excluding hydrogens is 399 g/mol. The minimum Gasteiger partial charge on any atom is -0.478 e. The number of benzene rings is 1. The van der Waals surface area contributed by atoms with Crippen LogP contribution in [0.15, 0.2) is 18.3 Å². The molecule has 0 saturated carbocycles. The van der Waals surface area contributed by atoms with Gasteiger partial charge in [-0.2, -0.15) is 5.10 Å². The maximum atomic E-state index is 11.4. The zero-order valence-corrected chi connectivity index (χ0v) is 15.5. The molecule has 1 aromatic carbocycles. The number of rotatable bonds is 6. The van der Waals surface area contributed by atoms with Gasteiger partial charge in [-0.1, -0.05) is 19.6 Å². The van der Waals surface area contributed by atoms with Gasteiger partial charge in [0.1, 0.15) is 6.73 Å². The Labute approximate surface area is 138 Å². The first-order valence-electron chi connectivity index (χ1n) is 6.74. The molecule has 0 fully saturated rings. The summed E-state index contributed by atoms with van der Waals surface area (Å²) in [7, 11) is -1.12. The first kappa shape index (κ1) is 16.4. The zero-order valence-electron chi connectivity index (χ0n) is 12.4. The molecule has 21 heavy (non-hydrogen) atoms. The van der Waals surface area contributed by atoms with E-state index in [9.17, 15) is 9.90 Å². The number of carboxylic acid groups (broad SMARTS) is 1. The van der Waals surface area contributed by atoms with E-state index in [-0.39, 0.29) is 12.3 Å². The van der Waals surface area contributed by atoms with Crippen molar-refractivity contribution in [1.82, 2.24) is 9.78 Å². The molecule has 0 radical (unpaired) electrons. The standard InChI is InChI=1S/C14H19IN2O3Si/c1-21(2,3)5-4-20-9-17-13-10(8-16-17)6-11(15)7-12(13)14(18)19/h6-8H,4-5,9H2,1-3H3,(H,18,19). The van der Waals surface area contributed by atoms with Crippen molar-refractivity contribution in [2.75, 3.05) is 6.61 Å². The predicted molar refractivity (Wildman–Crippen MR) is 93.5 cm³/mol. The van der Waals surface area contributed by atoms with Crippen LogP contribution < -0.4 is 0 Å². The molecule has 0 spiro atoms. The van der Waals surface area contributed by atoms with E-state index in [0.717, 1.165) is 15.0 Å². The molecule has 7 heteroatoms. The highest BCUT2D eigenvalue weighted by molar-refractivity contribution is 14.1. The Morgan fingerprint density at radius 2 is 2.14 bits per heavy atom. The largest absolute Gasteiger partial charge is 0.478 e. The zero-order chi connectivity index (χ0) is 15.6. The summed E-state index contributed by atoms with van der Waals surface area (Å²) in [4.78, 5) is 11.4. The quantitative estimate of drug-likeness (QED) is 0.442. The molecule has 2 rings (SSSR count). The second-order valence-electron chi connectivity index (χ2n) is 6.19. The third-order valence-electron chi connectivity index (χ3n) is 3.14. The minimum atomic E-state index is -1.12. The van der Waals surface area contributed by atoms with Crippen LogP contribution in [0.5, 0.6) is 0 Å². The smallest absolute Gasteiger partial charge is 0.337 e. The highest BCUT2D eigenvalue weighted by Crippen LogP contribution is 2.22. The second-order valence-corrected chi connectivity index (χ2v) is 13.1. The fraction of sp³-hybridized carbons (Fsp3) is 0.429. The molecule has 0 unspecified atom stereocenters. The Kier molecular flexibility index (Phi) is 5.05. The monoisotopic (exact) mass is 418 g/mol. The topological polar surface area (TPSA) is 64.4 Å². The highest BCUT2D eigenvalue weighted by Gasteiger charge is 2.16. The van der Waals surface area contributed by atoms with Gasteiger partial charge in [-0.3, -0.25) is 0 Å². The predicted octanol–water partition coefficient (Wildman–Crippen LogP) is 3.65. The molecule has 1 N–H and O–H groups in total. The lowest BCUT2D eigenvalue weighted by molar-refractivity contribution is 0.0693. The van der Waals surface area contributed by atoms with E-state index in [0.29, 0.717) is 12.1 Å². The molecular formula is C14H19IN2O3Si. The SMILES string of the molecule is C[Si](C)(C)CCOCn1ncc2cc(I)cc(C(=O)O)c21. The van der Waals surface area contributed by atoms with Crippen LogP contribution in [0.25, 0.3) is 10.9 Å². The summed E-state index contributed by atoms with van der Waals surface area (Å²) in [5.74, 6) is -0.942. The third-order valence-corrected chi connectivity index (χ3v) is 5.47. The molecule has 1 heterocycles. The number of hydrogen-bond donors (Lipinski definition) is 1. The molecule has 0 aliphatic carbocycles. The van der Waals surface area contributed by atoms with Gasteiger partial charge >= 0.3 is 5.97 Å². The molecule has 5 nitrogen and oxygen atoms in total. The van der Waals surface area contributed by atoms with Crippen molar-refractivity contribution in [3.63, 3.8) is 0 Å². The van der Waals surface area contributed by atoms with E-state index >= 15 is 0 Å². The van der Waals surface area contributed by atoms with Crippen LogP contribution in [0.2, 0.25) is 25.7 Å². The highest BCUT2D eigenvalue weighted by atomic mass is 127. The summed E-state index contributed by atoms with van der Waals surface area (Å²) in [5, 5.41) is 14.4. The Balaban J connectivity index is 2.19. The lowest BCUT2D eigenvalue weighted by Crippen LogP contribution is -2.22. The van der Waals surface area contributed by atoms with Crippen LogP contribution in [-0.4, -0.2) is 35.5 Å². The van der Waals surface area contributed by atoms with Gasteiger partial charge < -0.3 is 9.84 Å². The number of halogens is 1. The fourth-order valence-corrected chi connectivity index (χ4v) is 3.39. The van der Waals surface area contributed by atoms with Gasteiger partial charge in [-0.15, -0.1) is 0 Å². The first-order valence-corrected chi connectivity index (χ1v) is 11.5. The van der Waals surface area contributed by atoms with Gasteiger partial charge in [0, 0.05) is 23.6 Å². The van der Waals surface area contributed by atoms with Crippen LogP contribution in [0.3, 0.4) is 0 Å². The average molecular weight is 418 g/mol. The van der Waals surface area contributed by atoms with Crippen LogP contribution in [0.4, 0.5) is 0 Å². The Morgan fingerprint density at radius 3 is 2.76 bits per heavy atom. The summed E-state index contributed by atoms with van der Waals surface area (Å²) in [6, 6.07) is 4.66. The lowest BCUT2D eigenvalue weighted by atomic mass is 10.1. The Morgan fingerprint density at radius 1 is 1.43 bits per heavy atom. The van der Waals surface area contributed by atoms with E-state index in [4.69, 9.17) is 4.74 Å². The average Bonchev–Trinajstić information content (AvgIpc) is 2.75. The Hall–Kier alpha value is -0.933. The van der Waals surface area contributed by atoms with Gasteiger partial charge in [0.2, 0.25) is 0 Å². The van der Waals surface area contributed by atoms with Crippen LogP contribution in [0.1, 0.15) is 10.4 Å². The molecule has 2 aromatic rings. The van der Waals surface area contributed by atoms with Crippen LogP contribution >= 0.6 is 22.6 Å². The number of aromatic nitrogens is 2. The van der Waals surface area contributed by atoms with Gasteiger partial charge in [-0.05, 0) is 40.8 Å². The number of aromatic carboxylic acids is 1. The van der Waals surface area contributed by atoms with Crippen molar-refractivity contribution in [1.29, 1.82) is 0 Å². The maximum Gasteiger partial charge on any atom is 0.337 e. The van der Waals surface area contributed by atoms with Crippen LogP contribution in [0, 0.1) is 3.57 Å². The summed E-state index contributed by atoms with van der Waals surface area (Å²) in [6.07, 6.45) is 1.69. The van der Waals surface area contributed by atoms with Crippen molar-refractivity contribution in [3.05, 3.63) is 27.5 Å². The summed E-state index contributed by atoms with van der Waals surface area (Å²) in [5.41, 5.74) is 0.888. The summed E-state index contributed by atoms with van der Waals surface area (Å²) >= 11 is 2.11. The summed E-state index contributed by atoms with van der Waals surface area (Å²) in [6.45, 7) is 7.86. The molecule has 114 valence electrons. The van der Waals surface area contributed by atoms with Crippen molar-refractivity contribution in [3.8, 4) is 0 Å². The maximum absolute atomic E-state index is 11.4. The van der Waals surface area contributed by atoms with E-state index in [1.54, 1.807) is 16.9 Å². The van der Waals surface area contributed by atoms with Gasteiger partial charge in [0.25, 0.3) is 0 Å². The van der Waals surface area contributed by atoms with Gasteiger partial charge in [0.15, 0.2) is 0 Å². The van der Waals surface area contributed by atoms with Crippen molar-refractivity contribution >= 4 is 47.5 Å². The van der Waals surface area contributed by atoms with Crippen molar-refractivity contribution in [2.24, 2.45) is 0 Å². The molecule has 0 aliphatic rings. The van der Waals surface area contributed by atoms with Crippen molar-refractivity contribution in [2.45, 2.75) is 32.4 Å². The number of ether oxygens (including phenoxy) is 1. The normalized spacial score (nSPS) is 12.0. The fourth-order valence-electron chi connectivity index (χ4n) is 1.99. The number of carboxylic acids is 1. The van der Waals surface area contributed by atoms with E-state index in [1.807, 2.05) is 6.07 Å². The third kappa shape index (κ3) is 4.27. The molecule has 0 bridgehead atoms. The molecule has 0 aliphatic heterocycles. The van der Waals surface area contributed by atoms with Crippen LogP contribution in [-0.2, 0) is 11.5 Å². The van der Waals surface area contributed by atoms with E-state index < -0.39 is 14.0 Å². The van der Waals surface area contributed by atoms with Gasteiger partial charge in [-0.25, -0.2) is 9.48 Å². The molecule has 0 amide bonds. The lowest BCUT2D eigenvalue weighted by Gasteiger charge is -2.15. The number of fused-ring (bicyclic) bond motifs is 1. The second kappa shape index (κ2) is 6.45. The number of hydrogen-bond acceptors (Lipinski definition) is 3. The van der Waals surface area contributed by atoms with E-state index in [2.05, 4.69) is 47.3 Å². The molecule has 1 aromatic heterocycles. The van der Waals surface area contributed by atoms with E-state index in [1.165, 1.54) is 0 Å². The minimum absolute atomic E-state index is 0.267. The summed E-state index contributed by atoms with van der Waals surface area (Å²) < 4.78 is 8.18. The number of nitrogens with zero attached hydrogens (tertiary/aromatic N) is 2. The first-order chi connectivity index (χ1) is 9.78. The molecule has 0 saturated heterocycles.